The molecular formula is C15H14F2N4O. The van der Waals surface area contributed by atoms with Crippen LogP contribution >= 0.6 is 0 Å². The Labute approximate surface area is 126 Å². The van der Waals surface area contributed by atoms with E-state index >= 15 is 0 Å². The van der Waals surface area contributed by atoms with Crippen molar-refractivity contribution in [1.82, 2.24) is 9.97 Å². The van der Waals surface area contributed by atoms with Gasteiger partial charge in [0, 0.05) is 25.2 Å². The molecule has 2 heterocycles. The van der Waals surface area contributed by atoms with Crippen LogP contribution in [0.25, 0.3) is 0 Å². The number of amides is 1. The molecule has 114 valence electrons. The summed E-state index contributed by atoms with van der Waals surface area (Å²) >= 11 is 0. The third kappa shape index (κ3) is 3.03. The summed E-state index contributed by atoms with van der Waals surface area (Å²) in [6, 6.07) is 4.53. The molecular weight excluding hydrogens is 290 g/mol. The molecule has 5 nitrogen and oxygen atoms in total. The monoisotopic (exact) mass is 304 g/mol. The van der Waals surface area contributed by atoms with E-state index in [1.54, 1.807) is 6.07 Å². The van der Waals surface area contributed by atoms with Gasteiger partial charge in [-0.25, -0.2) is 18.7 Å². The molecule has 1 aromatic heterocycles. The summed E-state index contributed by atoms with van der Waals surface area (Å²) < 4.78 is 26.4. The van der Waals surface area contributed by atoms with Crippen LogP contribution in [0.15, 0.2) is 30.6 Å². The Morgan fingerprint density at radius 1 is 1.14 bits per heavy atom. The van der Waals surface area contributed by atoms with Crippen molar-refractivity contribution in [3.63, 3.8) is 0 Å². The van der Waals surface area contributed by atoms with E-state index in [0.717, 1.165) is 32.0 Å². The van der Waals surface area contributed by atoms with Gasteiger partial charge in [-0.1, -0.05) is 0 Å². The Morgan fingerprint density at radius 3 is 2.64 bits per heavy atom. The number of carbonyl (C=O) groups excluding carboxylic acids is 1. The molecule has 2 aromatic rings. The molecule has 1 N–H and O–H groups in total. The van der Waals surface area contributed by atoms with E-state index in [-0.39, 0.29) is 11.4 Å². The second-order valence-corrected chi connectivity index (χ2v) is 5.03. The van der Waals surface area contributed by atoms with E-state index in [0.29, 0.717) is 11.9 Å². The fraction of sp³-hybridized carbons (Fsp3) is 0.267. The molecule has 0 atom stereocenters. The van der Waals surface area contributed by atoms with Crippen molar-refractivity contribution in [2.75, 3.05) is 23.3 Å². The maximum atomic E-state index is 13.6. The second kappa shape index (κ2) is 6.05. The topological polar surface area (TPSA) is 58.1 Å². The van der Waals surface area contributed by atoms with E-state index in [9.17, 15) is 13.6 Å². The van der Waals surface area contributed by atoms with E-state index in [1.807, 2.05) is 0 Å². The van der Waals surface area contributed by atoms with Crippen LogP contribution in [0.2, 0.25) is 0 Å². The average Bonchev–Trinajstić information content (AvgIpc) is 3.04. The van der Waals surface area contributed by atoms with E-state index < -0.39 is 17.5 Å². The van der Waals surface area contributed by atoms with Crippen molar-refractivity contribution in [2.45, 2.75) is 12.8 Å². The maximum Gasteiger partial charge on any atom is 0.274 e. The molecule has 0 spiro atoms. The van der Waals surface area contributed by atoms with Crippen molar-refractivity contribution in [1.29, 1.82) is 0 Å². The molecule has 1 fully saturated rings. The van der Waals surface area contributed by atoms with Crippen LogP contribution in [-0.4, -0.2) is 29.0 Å². The quantitative estimate of drug-likeness (QED) is 0.947. The summed E-state index contributed by atoms with van der Waals surface area (Å²) in [6.07, 6.45) is 3.49. The van der Waals surface area contributed by atoms with Crippen molar-refractivity contribution < 1.29 is 13.6 Å². The minimum atomic E-state index is -0.831. The minimum absolute atomic E-state index is 0.0901. The first-order valence-electron chi connectivity index (χ1n) is 6.97. The van der Waals surface area contributed by atoms with Gasteiger partial charge in [-0.2, -0.15) is 0 Å². The Morgan fingerprint density at radius 2 is 1.91 bits per heavy atom. The van der Waals surface area contributed by atoms with Gasteiger partial charge >= 0.3 is 0 Å². The molecule has 1 aliphatic rings. The van der Waals surface area contributed by atoms with Gasteiger partial charge in [0.1, 0.15) is 29.5 Å². The summed E-state index contributed by atoms with van der Waals surface area (Å²) in [7, 11) is 0. The number of aromatic nitrogens is 2. The molecule has 0 aliphatic carbocycles. The number of hydrogen-bond donors (Lipinski definition) is 1. The van der Waals surface area contributed by atoms with Gasteiger partial charge in [0.05, 0.1) is 5.69 Å². The fourth-order valence-electron chi connectivity index (χ4n) is 2.37. The highest BCUT2D eigenvalue weighted by molar-refractivity contribution is 6.03. The Balaban J connectivity index is 1.78. The third-order valence-electron chi connectivity index (χ3n) is 3.49. The predicted octanol–water partition coefficient (Wildman–Crippen LogP) is 2.61. The van der Waals surface area contributed by atoms with Gasteiger partial charge in [0.2, 0.25) is 0 Å². The zero-order valence-corrected chi connectivity index (χ0v) is 11.7. The largest absolute Gasteiger partial charge is 0.357 e. The zero-order valence-electron chi connectivity index (χ0n) is 11.7. The number of halogens is 2. The van der Waals surface area contributed by atoms with Gasteiger partial charge in [-0.15, -0.1) is 0 Å². The van der Waals surface area contributed by atoms with Gasteiger partial charge in [-0.05, 0) is 25.0 Å². The maximum absolute atomic E-state index is 13.6. The predicted molar refractivity (Wildman–Crippen MR) is 77.8 cm³/mol. The average molecular weight is 304 g/mol. The number of rotatable bonds is 3. The van der Waals surface area contributed by atoms with Crippen molar-refractivity contribution in [2.24, 2.45) is 0 Å². The van der Waals surface area contributed by atoms with Gasteiger partial charge in [0.15, 0.2) is 0 Å². The highest BCUT2D eigenvalue weighted by Gasteiger charge is 2.17. The lowest BCUT2D eigenvalue weighted by atomic mass is 10.2. The number of hydrogen-bond acceptors (Lipinski definition) is 4. The molecule has 0 saturated carbocycles. The molecule has 0 radical (unpaired) electrons. The Bertz CT molecular complexity index is 702. The SMILES string of the molecule is O=C(Nc1ccc(F)cc1F)c1cc(N2CCCC2)ncn1. The minimum Gasteiger partial charge on any atom is -0.357 e. The molecule has 1 aliphatic heterocycles. The standard InChI is InChI=1S/C15H14F2N4O/c16-10-3-4-12(11(17)7-10)20-15(22)13-8-14(19-9-18-13)21-5-1-2-6-21/h3-4,7-9H,1-2,5-6H2,(H,20,22). The molecule has 0 bridgehead atoms. The zero-order chi connectivity index (χ0) is 15.5. The molecule has 0 unspecified atom stereocenters. The molecule has 1 saturated heterocycles. The normalized spacial score (nSPS) is 14.2. The first-order chi connectivity index (χ1) is 10.6. The van der Waals surface area contributed by atoms with Crippen molar-refractivity contribution in [3.8, 4) is 0 Å². The molecule has 3 rings (SSSR count). The lowest BCUT2D eigenvalue weighted by Crippen LogP contribution is -2.21. The summed E-state index contributed by atoms with van der Waals surface area (Å²) in [5, 5.41) is 2.38. The van der Waals surface area contributed by atoms with Crippen LogP contribution in [-0.2, 0) is 0 Å². The van der Waals surface area contributed by atoms with Gasteiger partial charge in [-0.3, -0.25) is 4.79 Å². The van der Waals surface area contributed by atoms with E-state index in [2.05, 4.69) is 20.2 Å². The number of nitrogens with one attached hydrogen (secondary N) is 1. The molecule has 7 heteroatoms. The molecule has 1 aromatic carbocycles. The number of carbonyl (C=O) groups is 1. The van der Waals surface area contributed by atoms with Crippen LogP contribution in [0, 0.1) is 11.6 Å². The Hall–Kier alpha value is -2.57. The number of nitrogens with zero attached hydrogens (tertiary/aromatic N) is 3. The van der Waals surface area contributed by atoms with Crippen molar-refractivity contribution in [3.05, 3.63) is 47.9 Å². The Kier molecular flexibility index (Phi) is 3.95. The lowest BCUT2D eigenvalue weighted by molar-refractivity contribution is 0.102. The molecule has 22 heavy (non-hydrogen) atoms. The van der Waals surface area contributed by atoms with E-state index in [1.165, 1.54) is 12.4 Å². The third-order valence-corrected chi connectivity index (χ3v) is 3.49. The van der Waals surface area contributed by atoms with Gasteiger partial charge in [0.25, 0.3) is 5.91 Å². The van der Waals surface area contributed by atoms with Crippen LogP contribution in [0.3, 0.4) is 0 Å². The first-order valence-corrected chi connectivity index (χ1v) is 6.97. The summed E-state index contributed by atoms with van der Waals surface area (Å²) in [6.45, 7) is 1.79. The summed E-state index contributed by atoms with van der Waals surface area (Å²) in [5.74, 6) is -1.42. The van der Waals surface area contributed by atoms with Crippen molar-refractivity contribution >= 4 is 17.4 Å². The van der Waals surface area contributed by atoms with Crippen LogP contribution in [0.1, 0.15) is 23.3 Å². The van der Waals surface area contributed by atoms with Gasteiger partial charge < -0.3 is 10.2 Å². The van der Waals surface area contributed by atoms with Crippen LogP contribution in [0.5, 0.6) is 0 Å². The number of anilines is 2. The highest BCUT2D eigenvalue weighted by atomic mass is 19.1. The van der Waals surface area contributed by atoms with Crippen LogP contribution in [0.4, 0.5) is 20.3 Å². The number of benzene rings is 1. The second-order valence-electron chi connectivity index (χ2n) is 5.03. The smallest absolute Gasteiger partial charge is 0.274 e. The molecule has 1 amide bonds. The van der Waals surface area contributed by atoms with Crippen LogP contribution < -0.4 is 10.2 Å². The summed E-state index contributed by atoms with van der Waals surface area (Å²) in [5.41, 5.74) is 0.0494. The first kappa shape index (κ1) is 14.4. The lowest BCUT2D eigenvalue weighted by Gasteiger charge is -2.16. The fourth-order valence-corrected chi connectivity index (χ4v) is 2.37. The summed E-state index contributed by atoms with van der Waals surface area (Å²) in [4.78, 5) is 22.3. The van der Waals surface area contributed by atoms with E-state index in [4.69, 9.17) is 0 Å². The highest BCUT2D eigenvalue weighted by Crippen LogP contribution is 2.19.